The van der Waals surface area contributed by atoms with Crippen molar-refractivity contribution in [3.63, 3.8) is 0 Å². The zero-order chi connectivity index (χ0) is 10.4. The van der Waals surface area contributed by atoms with Crippen LogP contribution in [0.2, 0.25) is 0 Å². The number of hydrogen-bond acceptors (Lipinski definition) is 3. The first-order valence-corrected chi connectivity index (χ1v) is 5.38. The second-order valence-electron chi connectivity index (χ2n) is 5.54. The minimum atomic E-state index is -0.353. The second kappa shape index (κ2) is 2.96. The molecule has 2 rings (SSSR count). The number of rotatable bonds is 2. The summed E-state index contributed by atoms with van der Waals surface area (Å²) in [4.78, 5) is 12.0. The van der Waals surface area contributed by atoms with Crippen molar-refractivity contribution < 1.29 is 9.53 Å². The lowest BCUT2D eigenvalue weighted by molar-refractivity contribution is -0.172. The number of ether oxygens (including phenoxy) is 1. The van der Waals surface area contributed by atoms with Gasteiger partial charge in [-0.05, 0) is 39.5 Å². The molecule has 14 heavy (non-hydrogen) atoms. The van der Waals surface area contributed by atoms with Crippen LogP contribution in [0.1, 0.15) is 33.6 Å². The number of carbonyl (C=O) groups is 1. The quantitative estimate of drug-likeness (QED) is 0.679. The Labute approximate surface area is 85.2 Å². The van der Waals surface area contributed by atoms with Gasteiger partial charge >= 0.3 is 5.97 Å². The van der Waals surface area contributed by atoms with E-state index in [-0.39, 0.29) is 17.0 Å². The Morgan fingerprint density at radius 2 is 1.93 bits per heavy atom. The van der Waals surface area contributed by atoms with Gasteiger partial charge in [-0.15, -0.1) is 0 Å². The van der Waals surface area contributed by atoms with Crippen LogP contribution in [-0.2, 0) is 9.53 Å². The van der Waals surface area contributed by atoms with Crippen molar-refractivity contribution in [1.82, 2.24) is 5.32 Å². The first-order valence-electron chi connectivity index (χ1n) is 5.38. The summed E-state index contributed by atoms with van der Waals surface area (Å²) in [5.41, 5.74) is -0.526. The number of hydrogen-bond donors (Lipinski definition) is 1. The van der Waals surface area contributed by atoms with E-state index in [9.17, 15) is 4.79 Å². The molecule has 3 nitrogen and oxygen atoms in total. The van der Waals surface area contributed by atoms with Crippen molar-refractivity contribution in [2.24, 2.45) is 11.3 Å². The van der Waals surface area contributed by atoms with E-state index in [4.69, 9.17) is 4.74 Å². The zero-order valence-electron chi connectivity index (χ0n) is 9.22. The first-order chi connectivity index (χ1) is 6.44. The molecule has 3 heteroatoms. The maximum Gasteiger partial charge on any atom is 0.315 e. The van der Waals surface area contributed by atoms with Crippen molar-refractivity contribution in [2.75, 3.05) is 13.1 Å². The molecule has 1 aliphatic carbocycles. The normalized spacial score (nSPS) is 25.4. The van der Waals surface area contributed by atoms with Gasteiger partial charge in [-0.1, -0.05) is 0 Å². The topological polar surface area (TPSA) is 38.3 Å². The summed E-state index contributed by atoms with van der Waals surface area (Å²) in [5, 5.41) is 3.19. The fourth-order valence-corrected chi connectivity index (χ4v) is 2.01. The lowest BCUT2D eigenvalue weighted by Gasteiger charge is -2.42. The summed E-state index contributed by atoms with van der Waals surface area (Å²) < 4.78 is 5.47. The standard InChI is InChI=1S/C11H19NO2/c1-10(2,3)14-9(13)11(6-12-7-11)8-4-5-8/h8,12H,4-7H2,1-3H3. The molecule has 1 aliphatic heterocycles. The van der Waals surface area contributed by atoms with E-state index < -0.39 is 0 Å². The van der Waals surface area contributed by atoms with Crippen molar-refractivity contribution in [2.45, 2.75) is 39.2 Å². The van der Waals surface area contributed by atoms with Crippen LogP contribution in [0.3, 0.4) is 0 Å². The molecule has 1 N–H and O–H groups in total. The summed E-state index contributed by atoms with van der Waals surface area (Å²) in [6.45, 7) is 7.41. The Hall–Kier alpha value is -0.570. The van der Waals surface area contributed by atoms with Crippen molar-refractivity contribution in [1.29, 1.82) is 0 Å². The number of nitrogens with one attached hydrogen (secondary N) is 1. The fraction of sp³-hybridized carbons (Fsp3) is 0.909. The van der Waals surface area contributed by atoms with E-state index >= 15 is 0 Å². The van der Waals surface area contributed by atoms with E-state index in [1.807, 2.05) is 20.8 Å². The Kier molecular flexibility index (Phi) is 2.11. The predicted octanol–water partition coefficient (Wildman–Crippen LogP) is 1.33. The van der Waals surface area contributed by atoms with Crippen LogP contribution in [0.5, 0.6) is 0 Å². The highest BCUT2D eigenvalue weighted by Gasteiger charge is 2.56. The molecule has 0 amide bonds. The van der Waals surface area contributed by atoms with Gasteiger partial charge in [0.15, 0.2) is 0 Å². The molecule has 1 heterocycles. The Morgan fingerprint density at radius 1 is 1.36 bits per heavy atom. The van der Waals surface area contributed by atoms with Gasteiger partial charge in [0.05, 0.1) is 5.41 Å². The van der Waals surface area contributed by atoms with Gasteiger partial charge in [0, 0.05) is 13.1 Å². The average molecular weight is 197 g/mol. The molecule has 0 aromatic rings. The third kappa shape index (κ3) is 1.65. The molecule has 1 saturated heterocycles. The van der Waals surface area contributed by atoms with E-state index in [0.29, 0.717) is 5.92 Å². The van der Waals surface area contributed by atoms with Crippen molar-refractivity contribution in [3.8, 4) is 0 Å². The summed E-state index contributed by atoms with van der Waals surface area (Å²) in [7, 11) is 0. The fourth-order valence-electron chi connectivity index (χ4n) is 2.01. The van der Waals surface area contributed by atoms with Gasteiger partial charge in [-0.2, -0.15) is 0 Å². The minimum Gasteiger partial charge on any atom is -0.459 e. The molecular weight excluding hydrogens is 178 g/mol. The molecule has 2 aliphatic rings. The number of carbonyl (C=O) groups excluding carboxylic acids is 1. The van der Waals surface area contributed by atoms with Crippen LogP contribution in [0.4, 0.5) is 0 Å². The largest absolute Gasteiger partial charge is 0.459 e. The van der Waals surface area contributed by atoms with E-state index in [1.54, 1.807) is 0 Å². The van der Waals surface area contributed by atoms with Crippen LogP contribution in [0, 0.1) is 11.3 Å². The monoisotopic (exact) mass is 197 g/mol. The van der Waals surface area contributed by atoms with Crippen LogP contribution >= 0.6 is 0 Å². The molecule has 2 fully saturated rings. The van der Waals surface area contributed by atoms with Gasteiger partial charge < -0.3 is 10.1 Å². The van der Waals surface area contributed by atoms with Crippen LogP contribution in [0.25, 0.3) is 0 Å². The van der Waals surface area contributed by atoms with Crippen molar-refractivity contribution in [3.05, 3.63) is 0 Å². The summed E-state index contributed by atoms with van der Waals surface area (Å²) in [6, 6.07) is 0. The average Bonchev–Trinajstić information content (AvgIpc) is 2.62. The van der Waals surface area contributed by atoms with Gasteiger partial charge in [0.1, 0.15) is 5.60 Å². The molecule has 0 aromatic heterocycles. The molecule has 1 saturated carbocycles. The highest BCUT2D eigenvalue weighted by Crippen LogP contribution is 2.49. The molecule has 0 bridgehead atoms. The highest BCUT2D eigenvalue weighted by molar-refractivity contribution is 5.80. The van der Waals surface area contributed by atoms with Gasteiger partial charge in [-0.25, -0.2) is 0 Å². The van der Waals surface area contributed by atoms with E-state index in [0.717, 1.165) is 13.1 Å². The molecule has 80 valence electrons. The van der Waals surface area contributed by atoms with E-state index in [2.05, 4.69) is 5.32 Å². The minimum absolute atomic E-state index is 0.00579. The first kappa shape index (κ1) is 9.97. The molecular formula is C11H19NO2. The van der Waals surface area contributed by atoms with Gasteiger partial charge in [-0.3, -0.25) is 4.79 Å². The van der Waals surface area contributed by atoms with Crippen molar-refractivity contribution >= 4 is 5.97 Å². The van der Waals surface area contributed by atoms with Crippen LogP contribution < -0.4 is 5.32 Å². The maximum absolute atomic E-state index is 12.0. The smallest absolute Gasteiger partial charge is 0.315 e. The Balaban J connectivity index is 2.01. The number of esters is 1. The van der Waals surface area contributed by atoms with Crippen LogP contribution in [-0.4, -0.2) is 24.7 Å². The lowest BCUT2D eigenvalue weighted by atomic mass is 9.77. The summed E-state index contributed by atoms with van der Waals surface area (Å²) in [5.74, 6) is 0.588. The Morgan fingerprint density at radius 3 is 2.21 bits per heavy atom. The molecule has 0 atom stereocenters. The third-order valence-corrected chi connectivity index (χ3v) is 3.05. The molecule has 0 aromatic carbocycles. The Bertz CT molecular complexity index is 247. The molecule has 0 spiro atoms. The maximum atomic E-state index is 12.0. The third-order valence-electron chi connectivity index (χ3n) is 3.05. The lowest BCUT2D eigenvalue weighted by Crippen LogP contribution is -2.60. The summed E-state index contributed by atoms with van der Waals surface area (Å²) in [6.07, 6.45) is 2.39. The molecule has 0 unspecified atom stereocenters. The SMILES string of the molecule is CC(C)(C)OC(=O)C1(C2CC2)CNC1. The molecule has 0 radical (unpaired) electrons. The van der Waals surface area contributed by atoms with Gasteiger partial charge in [0.2, 0.25) is 0 Å². The second-order valence-corrected chi connectivity index (χ2v) is 5.54. The summed E-state index contributed by atoms with van der Waals surface area (Å²) >= 11 is 0. The van der Waals surface area contributed by atoms with E-state index in [1.165, 1.54) is 12.8 Å². The van der Waals surface area contributed by atoms with Crippen LogP contribution in [0.15, 0.2) is 0 Å². The predicted molar refractivity (Wildman–Crippen MR) is 53.9 cm³/mol. The zero-order valence-corrected chi connectivity index (χ0v) is 9.22. The highest BCUT2D eigenvalue weighted by atomic mass is 16.6. The van der Waals surface area contributed by atoms with Gasteiger partial charge in [0.25, 0.3) is 0 Å².